The third-order valence-corrected chi connectivity index (χ3v) is 3.08. The summed E-state index contributed by atoms with van der Waals surface area (Å²) < 4.78 is 0. The van der Waals surface area contributed by atoms with E-state index < -0.39 is 17.0 Å². The number of pyridine rings is 1. The molecule has 0 aliphatic heterocycles. The van der Waals surface area contributed by atoms with E-state index in [0.29, 0.717) is 0 Å². The third-order valence-electron chi connectivity index (χ3n) is 3.08. The first kappa shape index (κ1) is 11.7. The second kappa shape index (κ2) is 4.21. The molecular weight excluding hydrogens is 224 g/mol. The molecule has 1 aromatic rings. The monoisotopic (exact) mass is 238 g/mol. The van der Waals surface area contributed by atoms with Gasteiger partial charge in [0.05, 0.1) is 17.7 Å². The standard InChI is InChI=1S/C11H14N2O4/c14-6-11(2-1-3-11)13-10(17)7-4-8(15)12-9(16)5-7/h4-5,14H,1-3,6H2,(H,13,17)(H2,12,15,16). The number of aromatic nitrogens is 1. The van der Waals surface area contributed by atoms with Crippen LogP contribution in [0.3, 0.4) is 0 Å². The fourth-order valence-electron chi connectivity index (χ4n) is 1.90. The number of amides is 1. The first-order valence-electron chi connectivity index (χ1n) is 5.41. The number of hydrogen-bond acceptors (Lipinski definition) is 4. The number of aromatic amines is 1. The van der Waals surface area contributed by atoms with Crippen LogP contribution in [0.25, 0.3) is 0 Å². The predicted molar refractivity (Wildman–Crippen MR) is 59.9 cm³/mol. The second-order valence-electron chi connectivity index (χ2n) is 4.36. The van der Waals surface area contributed by atoms with Gasteiger partial charge in [-0.2, -0.15) is 0 Å². The van der Waals surface area contributed by atoms with E-state index in [2.05, 4.69) is 10.3 Å². The normalized spacial score (nSPS) is 17.2. The van der Waals surface area contributed by atoms with Gasteiger partial charge in [0.1, 0.15) is 0 Å². The third kappa shape index (κ3) is 2.31. The molecule has 1 saturated carbocycles. The van der Waals surface area contributed by atoms with Gasteiger partial charge < -0.3 is 15.5 Å². The summed E-state index contributed by atoms with van der Waals surface area (Å²) in [6.45, 7) is -0.117. The SMILES string of the molecule is O=C(NC1(CO)CCC1)c1cc(O)[nH]c(=O)c1. The number of rotatable bonds is 3. The van der Waals surface area contributed by atoms with Crippen molar-refractivity contribution in [1.82, 2.24) is 10.3 Å². The van der Waals surface area contributed by atoms with Gasteiger partial charge in [-0.1, -0.05) is 0 Å². The zero-order valence-corrected chi connectivity index (χ0v) is 9.19. The number of hydrogen-bond donors (Lipinski definition) is 4. The van der Waals surface area contributed by atoms with Gasteiger partial charge in [0.15, 0.2) is 5.88 Å². The smallest absolute Gasteiger partial charge is 0.252 e. The minimum absolute atomic E-state index is 0.0889. The van der Waals surface area contributed by atoms with Crippen LogP contribution in [0.1, 0.15) is 29.6 Å². The number of carbonyl (C=O) groups excluding carboxylic acids is 1. The van der Waals surface area contributed by atoms with Crippen LogP contribution in [-0.2, 0) is 0 Å². The largest absolute Gasteiger partial charge is 0.494 e. The van der Waals surface area contributed by atoms with Gasteiger partial charge in [-0.3, -0.25) is 14.6 Å². The number of nitrogens with one attached hydrogen (secondary N) is 2. The van der Waals surface area contributed by atoms with Gasteiger partial charge >= 0.3 is 0 Å². The summed E-state index contributed by atoms with van der Waals surface area (Å²) in [6, 6.07) is 2.29. The van der Waals surface area contributed by atoms with E-state index in [4.69, 9.17) is 0 Å². The van der Waals surface area contributed by atoms with Crippen LogP contribution in [0.15, 0.2) is 16.9 Å². The second-order valence-corrected chi connectivity index (χ2v) is 4.36. The van der Waals surface area contributed by atoms with Crippen LogP contribution < -0.4 is 10.9 Å². The molecule has 0 spiro atoms. The molecule has 6 nitrogen and oxygen atoms in total. The molecule has 92 valence electrons. The van der Waals surface area contributed by atoms with E-state index in [1.54, 1.807) is 0 Å². The zero-order valence-electron chi connectivity index (χ0n) is 9.19. The molecule has 1 aliphatic carbocycles. The van der Waals surface area contributed by atoms with Crippen LogP contribution in [-0.4, -0.2) is 33.3 Å². The molecule has 0 unspecified atom stereocenters. The highest BCUT2D eigenvalue weighted by Gasteiger charge is 2.37. The molecule has 0 atom stereocenters. The number of aromatic hydroxyl groups is 1. The van der Waals surface area contributed by atoms with Gasteiger partial charge in [0, 0.05) is 12.1 Å². The number of aliphatic hydroxyl groups is 1. The highest BCUT2D eigenvalue weighted by molar-refractivity contribution is 5.94. The molecule has 4 N–H and O–H groups in total. The molecule has 1 amide bonds. The topological polar surface area (TPSA) is 102 Å². The van der Waals surface area contributed by atoms with Crippen molar-refractivity contribution in [2.45, 2.75) is 24.8 Å². The Morgan fingerprint density at radius 1 is 1.47 bits per heavy atom. The van der Waals surface area contributed by atoms with Gasteiger partial charge in [0.2, 0.25) is 0 Å². The summed E-state index contributed by atoms with van der Waals surface area (Å²) in [6.07, 6.45) is 2.41. The quantitative estimate of drug-likeness (QED) is 0.581. The molecule has 1 heterocycles. The van der Waals surface area contributed by atoms with Crippen LogP contribution >= 0.6 is 0 Å². The first-order chi connectivity index (χ1) is 8.04. The predicted octanol–water partition coefficient (Wildman–Crippen LogP) is -0.275. The molecule has 1 aromatic heterocycles. The number of aliphatic hydroxyl groups excluding tert-OH is 1. The first-order valence-corrected chi connectivity index (χ1v) is 5.41. The van der Waals surface area contributed by atoms with Gasteiger partial charge in [-0.05, 0) is 19.3 Å². The highest BCUT2D eigenvalue weighted by Crippen LogP contribution is 2.31. The van der Waals surface area contributed by atoms with Crippen molar-refractivity contribution in [3.63, 3.8) is 0 Å². The van der Waals surface area contributed by atoms with E-state index in [-0.39, 0.29) is 18.1 Å². The van der Waals surface area contributed by atoms with Crippen molar-refractivity contribution in [2.75, 3.05) is 6.61 Å². The molecule has 0 aromatic carbocycles. The number of carbonyl (C=O) groups is 1. The van der Waals surface area contributed by atoms with E-state index in [0.717, 1.165) is 25.3 Å². The van der Waals surface area contributed by atoms with Gasteiger partial charge in [-0.25, -0.2) is 0 Å². The van der Waals surface area contributed by atoms with Crippen LogP contribution in [0.4, 0.5) is 0 Å². The van der Waals surface area contributed by atoms with Crippen molar-refractivity contribution < 1.29 is 15.0 Å². The Hall–Kier alpha value is -1.82. The van der Waals surface area contributed by atoms with Crippen molar-refractivity contribution in [3.8, 4) is 5.88 Å². The average Bonchev–Trinajstić information content (AvgIpc) is 2.21. The molecule has 0 radical (unpaired) electrons. The summed E-state index contributed by atoms with van der Waals surface area (Å²) in [5, 5.41) is 21.1. The maximum atomic E-state index is 11.8. The van der Waals surface area contributed by atoms with Crippen molar-refractivity contribution >= 4 is 5.91 Å². The highest BCUT2D eigenvalue weighted by atomic mass is 16.3. The lowest BCUT2D eigenvalue weighted by molar-refractivity contribution is 0.0641. The summed E-state index contributed by atoms with van der Waals surface area (Å²) in [7, 11) is 0. The average molecular weight is 238 g/mol. The summed E-state index contributed by atoms with van der Waals surface area (Å²) in [5.41, 5.74) is -1.01. The molecule has 0 bridgehead atoms. The van der Waals surface area contributed by atoms with Crippen molar-refractivity contribution in [3.05, 3.63) is 28.0 Å². The Labute approximate surface area is 97.3 Å². The fourth-order valence-corrected chi connectivity index (χ4v) is 1.90. The Kier molecular flexibility index (Phi) is 2.89. The lowest BCUT2D eigenvalue weighted by atomic mass is 9.77. The van der Waals surface area contributed by atoms with E-state index in [1.165, 1.54) is 6.07 Å². The fraction of sp³-hybridized carbons (Fsp3) is 0.455. The molecule has 1 aliphatic rings. The van der Waals surface area contributed by atoms with Gasteiger partial charge in [-0.15, -0.1) is 0 Å². The maximum absolute atomic E-state index is 11.8. The lowest BCUT2D eigenvalue weighted by Gasteiger charge is -2.40. The Morgan fingerprint density at radius 3 is 2.65 bits per heavy atom. The number of H-pyrrole nitrogens is 1. The minimum Gasteiger partial charge on any atom is -0.494 e. The molecule has 0 saturated heterocycles. The Morgan fingerprint density at radius 2 is 2.18 bits per heavy atom. The van der Waals surface area contributed by atoms with Crippen LogP contribution in [0.5, 0.6) is 5.88 Å². The summed E-state index contributed by atoms with van der Waals surface area (Å²) in [5.74, 6) is -0.811. The lowest BCUT2D eigenvalue weighted by Crippen LogP contribution is -2.56. The van der Waals surface area contributed by atoms with Crippen molar-refractivity contribution in [2.24, 2.45) is 0 Å². The van der Waals surface area contributed by atoms with E-state index in [9.17, 15) is 19.8 Å². The van der Waals surface area contributed by atoms with Crippen LogP contribution in [0.2, 0.25) is 0 Å². The molecule has 6 heteroatoms. The Balaban J connectivity index is 2.17. The van der Waals surface area contributed by atoms with Crippen molar-refractivity contribution in [1.29, 1.82) is 0 Å². The zero-order chi connectivity index (χ0) is 12.5. The molecule has 1 fully saturated rings. The van der Waals surface area contributed by atoms with Gasteiger partial charge in [0.25, 0.3) is 11.5 Å². The minimum atomic E-state index is -0.560. The molecule has 17 heavy (non-hydrogen) atoms. The van der Waals surface area contributed by atoms with E-state index >= 15 is 0 Å². The Bertz CT molecular complexity index is 485. The summed E-state index contributed by atoms with van der Waals surface area (Å²) in [4.78, 5) is 25.1. The molecular formula is C11H14N2O4. The maximum Gasteiger partial charge on any atom is 0.252 e. The van der Waals surface area contributed by atoms with E-state index in [1.807, 2.05) is 0 Å². The summed E-state index contributed by atoms with van der Waals surface area (Å²) >= 11 is 0. The molecule has 2 rings (SSSR count). The van der Waals surface area contributed by atoms with Crippen LogP contribution in [0, 0.1) is 0 Å².